The van der Waals surface area contributed by atoms with E-state index in [1.165, 1.54) is 4.90 Å². The van der Waals surface area contributed by atoms with Crippen LogP contribution in [0.1, 0.15) is 49.7 Å². The number of H-pyrrole nitrogens is 1. The second-order valence-corrected chi connectivity index (χ2v) is 8.11. The lowest BCUT2D eigenvalue weighted by molar-refractivity contribution is -0.121. The van der Waals surface area contributed by atoms with Crippen molar-refractivity contribution in [3.63, 3.8) is 0 Å². The second-order valence-electron chi connectivity index (χ2n) is 8.11. The number of benzene rings is 1. The SMILES string of the molecule is O=C(C1=C(O)C(=O)N(c2ccc3[nH]cnc3c2)C1c1ccc(CO)o1)C1CCCCC1. The van der Waals surface area contributed by atoms with E-state index in [-0.39, 0.29) is 23.9 Å². The fourth-order valence-corrected chi connectivity index (χ4v) is 4.67. The molecule has 3 N–H and O–H groups in total. The molecule has 1 atom stereocenters. The van der Waals surface area contributed by atoms with Gasteiger partial charge in [-0.15, -0.1) is 0 Å². The van der Waals surface area contributed by atoms with E-state index in [1.807, 2.05) is 0 Å². The second kappa shape index (κ2) is 7.70. The molecule has 1 amide bonds. The molecule has 0 spiro atoms. The van der Waals surface area contributed by atoms with E-state index < -0.39 is 17.7 Å². The van der Waals surface area contributed by atoms with Crippen LogP contribution in [0.4, 0.5) is 5.69 Å². The van der Waals surface area contributed by atoms with Gasteiger partial charge in [-0.1, -0.05) is 19.3 Å². The first kappa shape index (κ1) is 19.6. The van der Waals surface area contributed by atoms with Gasteiger partial charge < -0.3 is 19.6 Å². The molecule has 2 aromatic heterocycles. The molecule has 2 aliphatic rings. The molecular weight excluding hydrogens is 398 g/mol. The van der Waals surface area contributed by atoms with Crippen molar-refractivity contribution in [2.45, 2.75) is 44.8 Å². The summed E-state index contributed by atoms with van der Waals surface area (Å²) in [6.45, 7) is -0.304. The zero-order valence-electron chi connectivity index (χ0n) is 16.9. The van der Waals surface area contributed by atoms with Crippen molar-refractivity contribution < 1.29 is 24.2 Å². The van der Waals surface area contributed by atoms with Crippen molar-refractivity contribution in [2.24, 2.45) is 5.92 Å². The van der Waals surface area contributed by atoms with Crippen molar-refractivity contribution in [1.82, 2.24) is 9.97 Å². The number of amides is 1. The van der Waals surface area contributed by atoms with Gasteiger partial charge in [0.25, 0.3) is 5.91 Å². The number of aliphatic hydroxyl groups is 2. The fourth-order valence-electron chi connectivity index (χ4n) is 4.67. The van der Waals surface area contributed by atoms with Crippen LogP contribution in [-0.4, -0.2) is 31.9 Å². The number of nitrogens with one attached hydrogen (secondary N) is 1. The largest absolute Gasteiger partial charge is 0.503 e. The molecule has 1 aromatic carbocycles. The van der Waals surface area contributed by atoms with Gasteiger partial charge in [-0.05, 0) is 43.2 Å². The Morgan fingerprint density at radius 1 is 1.19 bits per heavy atom. The molecule has 1 aliphatic heterocycles. The Bertz CT molecular complexity index is 1180. The number of rotatable bonds is 5. The Hall–Kier alpha value is -3.39. The van der Waals surface area contributed by atoms with E-state index in [9.17, 15) is 19.8 Å². The van der Waals surface area contributed by atoms with E-state index in [1.54, 1.807) is 36.7 Å². The number of carbonyl (C=O) groups is 2. The van der Waals surface area contributed by atoms with Crippen LogP contribution >= 0.6 is 0 Å². The smallest absolute Gasteiger partial charge is 0.294 e. The van der Waals surface area contributed by atoms with E-state index in [0.29, 0.717) is 22.7 Å². The lowest BCUT2D eigenvalue weighted by Crippen LogP contribution is -2.31. The number of hydrogen-bond acceptors (Lipinski definition) is 6. The maximum atomic E-state index is 13.5. The van der Waals surface area contributed by atoms with Gasteiger partial charge in [0.2, 0.25) is 0 Å². The number of carbonyl (C=O) groups excluding carboxylic acids is 2. The van der Waals surface area contributed by atoms with Gasteiger partial charge in [0.1, 0.15) is 24.2 Å². The summed E-state index contributed by atoms with van der Waals surface area (Å²) in [6.07, 6.45) is 6.05. The molecule has 0 radical (unpaired) electrons. The Balaban J connectivity index is 1.61. The molecule has 1 fully saturated rings. The molecule has 160 valence electrons. The molecule has 1 saturated carbocycles. The summed E-state index contributed by atoms with van der Waals surface area (Å²) in [5, 5.41) is 20.3. The summed E-state index contributed by atoms with van der Waals surface area (Å²) in [5.74, 6) is -0.975. The normalized spacial score (nSPS) is 20.2. The van der Waals surface area contributed by atoms with Gasteiger partial charge in [-0.3, -0.25) is 14.5 Å². The van der Waals surface area contributed by atoms with Crippen LogP contribution in [0.2, 0.25) is 0 Å². The first-order valence-corrected chi connectivity index (χ1v) is 10.5. The maximum Gasteiger partial charge on any atom is 0.294 e. The third-order valence-electron chi connectivity index (χ3n) is 6.24. The summed E-state index contributed by atoms with van der Waals surface area (Å²) in [6, 6.07) is 7.60. The van der Waals surface area contributed by atoms with Gasteiger partial charge in [0, 0.05) is 11.6 Å². The lowest BCUT2D eigenvalue weighted by Gasteiger charge is -2.27. The number of fused-ring (bicyclic) bond motifs is 1. The third kappa shape index (κ3) is 3.23. The van der Waals surface area contributed by atoms with Gasteiger partial charge in [-0.2, -0.15) is 0 Å². The lowest BCUT2D eigenvalue weighted by atomic mass is 9.82. The van der Waals surface area contributed by atoms with Gasteiger partial charge in [-0.25, -0.2) is 4.98 Å². The van der Waals surface area contributed by atoms with Gasteiger partial charge in [0.15, 0.2) is 11.5 Å². The van der Waals surface area contributed by atoms with Gasteiger partial charge >= 0.3 is 0 Å². The highest BCUT2D eigenvalue weighted by atomic mass is 16.4. The summed E-state index contributed by atoms with van der Waals surface area (Å²) in [4.78, 5) is 35.3. The highest BCUT2D eigenvalue weighted by Crippen LogP contribution is 2.44. The van der Waals surface area contributed by atoms with E-state index in [0.717, 1.165) is 37.6 Å². The third-order valence-corrected chi connectivity index (χ3v) is 6.24. The number of furan rings is 1. The predicted octanol–water partition coefficient (Wildman–Crippen LogP) is 3.70. The quantitative estimate of drug-likeness (QED) is 0.578. The molecule has 0 bridgehead atoms. The molecule has 8 nitrogen and oxygen atoms in total. The van der Waals surface area contributed by atoms with Crippen LogP contribution in [0.5, 0.6) is 0 Å². The van der Waals surface area contributed by atoms with Crippen LogP contribution in [0.15, 0.2) is 52.4 Å². The number of aliphatic hydroxyl groups excluding tert-OH is 2. The molecule has 1 aliphatic carbocycles. The minimum atomic E-state index is -0.904. The van der Waals surface area contributed by atoms with Crippen LogP contribution in [-0.2, 0) is 16.2 Å². The Morgan fingerprint density at radius 2 is 2.00 bits per heavy atom. The number of nitrogens with zero attached hydrogens (tertiary/aromatic N) is 2. The Labute approximate surface area is 178 Å². The van der Waals surface area contributed by atoms with E-state index in [2.05, 4.69) is 9.97 Å². The molecule has 1 unspecified atom stereocenters. The molecule has 31 heavy (non-hydrogen) atoms. The summed E-state index contributed by atoms with van der Waals surface area (Å²) >= 11 is 0. The van der Waals surface area contributed by atoms with E-state index in [4.69, 9.17) is 4.42 Å². The van der Waals surface area contributed by atoms with Gasteiger partial charge in [0.05, 0.1) is 22.9 Å². The van der Waals surface area contributed by atoms with Crippen LogP contribution in [0.25, 0.3) is 11.0 Å². The van der Waals surface area contributed by atoms with Crippen LogP contribution in [0.3, 0.4) is 0 Å². The molecule has 3 aromatic rings. The molecule has 3 heterocycles. The van der Waals surface area contributed by atoms with E-state index >= 15 is 0 Å². The van der Waals surface area contributed by atoms with Crippen molar-refractivity contribution >= 4 is 28.4 Å². The summed E-state index contributed by atoms with van der Waals surface area (Å²) in [7, 11) is 0. The molecule has 5 rings (SSSR count). The van der Waals surface area contributed by atoms with Crippen molar-refractivity contribution in [1.29, 1.82) is 0 Å². The van der Waals surface area contributed by atoms with Crippen molar-refractivity contribution in [3.05, 3.63) is 59.5 Å². The highest BCUT2D eigenvalue weighted by Gasteiger charge is 2.47. The number of hydrogen-bond donors (Lipinski definition) is 3. The average Bonchev–Trinajstić information content (AvgIpc) is 3.52. The number of aromatic amines is 1. The predicted molar refractivity (Wildman–Crippen MR) is 112 cm³/mol. The zero-order valence-corrected chi connectivity index (χ0v) is 16.9. The van der Waals surface area contributed by atoms with Crippen molar-refractivity contribution in [2.75, 3.05) is 4.90 Å². The van der Waals surface area contributed by atoms with Crippen molar-refractivity contribution in [3.8, 4) is 0 Å². The van der Waals surface area contributed by atoms with Crippen LogP contribution in [0, 0.1) is 5.92 Å². The number of imidazole rings is 1. The summed E-state index contributed by atoms with van der Waals surface area (Å²) < 4.78 is 5.74. The maximum absolute atomic E-state index is 13.5. The molecule has 0 saturated heterocycles. The summed E-state index contributed by atoms with van der Waals surface area (Å²) in [5.41, 5.74) is 2.03. The minimum absolute atomic E-state index is 0.0675. The van der Waals surface area contributed by atoms with Crippen LogP contribution < -0.4 is 4.90 Å². The number of Topliss-reactive ketones (excluding diaryl/α,β-unsaturated/α-hetero) is 1. The molecule has 8 heteroatoms. The number of aromatic nitrogens is 2. The standard InChI is InChI=1S/C23H23N3O5/c27-11-15-7-9-18(31-15)20-19(21(28)13-4-2-1-3-5-13)22(29)23(30)26(20)14-6-8-16-17(10-14)25-12-24-16/h6-10,12-13,20,27,29H,1-5,11H2,(H,24,25). The highest BCUT2D eigenvalue weighted by molar-refractivity contribution is 6.17. The molecular formula is C23H23N3O5. The Morgan fingerprint density at radius 3 is 2.74 bits per heavy atom. The first-order valence-electron chi connectivity index (χ1n) is 10.5. The minimum Gasteiger partial charge on any atom is -0.503 e. The zero-order chi connectivity index (χ0) is 21.5. The monoisotopic (exact) mass is 421 g/mol. The average molecular weight is 421 g/mol. The Kier molecular flexibility index (Phi) is 4.86. The fraction of sp³-hybridized carbons (Fsp3) is 0.348. The first-order chi connectivity index (χ1) is 15.1. The number of ketones is 1. The number of anilines is 1. The topological polar surface area (TPSA) is 120 Å².